The number of benzene rings is 2. The Morgan fingerprint density at radius 1 is 1.15 bits per heavy atom. The fourth-order valence-corrected chi connectivity index (χ4v) is 2.52. The maximum Gasteiger partial charge on any atom is 0.352 e. The number of hydrogen-bond acceptors (Lipinski definition) is 3. The molecule has 7 heteroatoms. The molecule has 0 aromatic heterocycles. The molecule has 0 fully saturated rings. The summed E-state index contributed by atoms with van der Waals surface area (Å²) in [5, 5.41) is 12.6. The number of aryl methyl sites for hydroxylation is 2. The lowest BCUT2D eigenvalue weighted by Crippen LogP contribution is -2.31. The van der Waals surface area contributed by atoms with E-state index in [1.165, 1.54) is 6.08 Å². The summed E-state index contributed by atoms with van der Waals surface area (Å²) in [6, 6.07) is 10.1. The minimum Gasteiger partial charge on any atom is -0.484 e. The first-order chi connectivity index (χ1) is 12.3. The highest BCUT2D eigenvalue weighted by atomic mass is 35.5. The monoisotopic (exact) mass is 393 g/mol. The van der Waals surface area contributed by atoms with E-state index in [1.54, 1.807) is 36.4 Å². The Hall–Kier alpha value is -2.50. The van der Waals surface area contributed by atoms with Gasteiger partial charge in [0.05, 0.1) is 0 Å². The van der Waals surface area contributed by atoms with Crippen LogP contribution in [0.5, 0.6) is 5.75 Å². The van der Waals surface area contributed by atoms with Gasteiger partial charge in [0.1, 0.15) is 11.4 Å². The van der Waals surface area contributed by atoms with Crippen LogP contribution in [0.25, 0.3) is 6.08 Å². The van der Waals surface area contributed by atoms with Crippen LogP contribution in [0.15, 0.2) is 42.1 Å². The molecule has 136 valence electrons. The van der Waals surface area contributed by atoms with Gasteiger partial charge in [-0.1, -0.05) is 41.4 Å². The Morgan fingerprint density at radius 3 is 2.35 bits per heavy atom. The van der Waals surface area contributed by atoms with E-state index < -0.39 is 11.9 Å². The lowest BCUT2D eigenvalue weighted by Gasteiger charge is -2.11. The molecule has 0 aliphatic carbocycles. The van der Waals surface area contributed by atoms with E-state index >= 15 is 0 Å². The zero-order valence-corrected chi connectivity index (χ0v) is 15.7. The number of halogens is 2. The number of nitrogens with one attached hydrogen (secondary N) is 1. The van der Waals surface area contributed by atoms with E-state index in [0.717, 1.165) is 11.1 Å². The van der Waals surface area contributed by atoms with Gasteiger partial charge in [-0.15, -0.1) is 0 Å². The van der Waals surface area contributed by atoms with Crippen molar-refractivity contribution < 1.29 is 19.4 Å². The molecule has 0 aliphatic heterocycles. The lowest BCUT2D eigenvalue weighted by atomic mass is 10.1. The van der Waals surface area contributed by atoms with Crippen molar-refractivity contribution in [2.24, 2.45) is 0 Å². The highest BCUT2D eigenvalue weighted by Crippen LogP contribution is 2.25. The summed E-state index contributed by atoms with van der Waals surface area (Å²) in [6.45, 7) is 3.32. The molecule has 0 atom stereocenters. The van der Waals surface area contributed by atoms with Crippen LogP contribution in [0.1, 0.15) is 16.7 Å². The molecule has 1 amide bonds. The van der Waals surface area contributed by atoms with E-state index in [4.69, 9.17) is 27.9 Å². The average Bonchev–Trinajstić information content (AvgIpc) is 2.58. The molecule has 0 saturated carbocycles. The smallest absolute Gasteiger partial charge is 0.352 e. The van der Waals surface area contributed by atoms with Crippen molar-refractivity contribution in [1.29, 1.82) is 0 Å². The highest BCUT2D eigenvalue weighted by Gasteiger charge is 2.13. The number of amides is 1. The number of rotatable bonds is 6. The van der Waals surface area contributed by atoms with Crippen molar-refractivity contribution in [1.82, 2.24) is 5.32 Å². The zero-order chi connectivity index (χ0) is 19.3. The van der Waals surface area contributed by atoms with Crippen molar-refractivity contribution in [2.45, 2.75) is 13.8 Å². The molecule has 2 aromatic carbocycles. The van der Waals surface area contributed by atoms with Crippen LogP contribution >= 0.6 is 23.2 Å². The van der Waals surface area contributed by atoms with Gasteiger partial charge in [0.15, 0.2) is 6.61 Å². The molecule has 0 saturated heterocycles. The molecule has 2 N–H and O–H groups in total. The van der Waals surface area contributed by atoms with Crippen LogP contribution in [-0.4, -0.2) is 23.6 Å². The number of aliphatic carboxylic acids is 1. The summed E-state index contributed by atoms with van der Waals surface area (Å²) in [7, 11) is 0. The Balaban J connectivity index is 2.07. The zero-order valence-electron chi connectivity index (χ0n) is 14.2. The van der Waals surface area contributed by atoms with Crippen molar-refractivity contribution in [3.8, 4) is 5.75 Å². The van der Waals surface area contributed by atoms with Crippen LogP contribution in [0.3, 0.4) is 0 Å². The predicted molar refractivity (Wildman–Crippen MR) is 102 cm³/mol. The molecule has 26 heavy (non-hydrogen) atoms. The standard InChI is InChI=1S/C19H17Cl2NO4/c1-11-7-14(8-12(2)18(11)21)26-10-17(23)22-16(19(24)25)9-13-5-3-4-6-15(13)20/h3-9H,10H2,1-2H3,(H,22,23)(H,24,25)/b16-9+. The third kappa shape index (κ3) is 5.25. The number of hydrogen-bond donors (Lipinski definition) is 2. The van der Waals surface area contributed by atoms with E-state index in [2.05, 4.69) is 5.32 Å². The lowest BCUT2D eigenvalue weighted by molar-refractivity contribution is -0.134. The highest BCUT2D eigenvalue weighted by molar-refractivity contribution is 6.32. The Bertz CT molecular complexity index is 855. The maximum atomic E-state index is 12.0. The van der Waals surface area contributed by atoms with Gasteiger partial charge in [0, 0.05) is 10.0 Å². The molecule has 0 heterocycles. The van der Waals surface area contributed by atoms with Gasteiger partial charge in [0.25, 0.3) is 5.91 Å². The Morgan fingerprint density at radius 2 is 1.77 bits per heavy atom. The fraction of sp³-hybridized carbons (Fsp3) is 0.158. The molecule has 0 aliphatic rings. The van der Waals surface area contributed by atoms with Crippen LogP contribution in [0.4, 0.5) is 0 Å². The summed E-state index contributed by atoms with van der Waals surface area (Å²) in [5.74, 6) is -1.40. The first-order valence-electron chi connectivity index (χ1n) is 7.67. The number of carbonyl (C=O) groups excluding carboxylic acids is 1. The minimum absolute atomic E-state index is 0.296. The third-order valence-corrected chi connectivity index (χ3v) is 4.43. The van der Waals surface area contributed by atoms with E-state index in [0.29, 0.717) is 21.4 Å². The van der Waals surface area contributed by atoms with Gasteiger partial charge in [-0.3, -0.25) is 4.79 Å². The van der Waals surface area contributed by atoms with E-state index in [1.807, 2.05) is 13.8 Å². The SMILES string of the molecule is Cc1cc(OCC(=O)N/C(=C/c2ccccc2Cl)C(=O)O)cc(C)c1Cl. The molecule has 0 unspecified atom stereocenters. The normalized spacial score (nSPS) is 11.2. The van der Waals surface area contributed by atoms with Gasteiger partial charge < -0.3 is 15.2 Å². The second-order valence-corrected chi connectivity index (χ2v) is 6.38. The molecule has 5 nitrogen and oxygen atoms in total. The minimum atomic E-state index is -1.28. The average molecular weight is 394 g/mol. The van der Waals surface area contributed by atoms with Gasteiger partial charge in [-0.25, -0.2) is 4.79 Å². The second kappa shape index (κ2) is 8.74. The number of carboxylic acids is 1. The van der Waals surface area contributed by atoms with Gasteiger partial charge in [-0.05, 0) is 54.8 Å². The van der Waals surface area contributed by atoms with E-state index in [9.17, 15) is 14.7 Å². The summed E-state index contributed by atoms with van der Waals surface area (Å²) >= 11 is 12.1. The maximum absolute atomic E-state index is 12.0. The summed E-state index contributed by atoms with van der Waals surface area (Å²) in [6.07, 6.45) is 1.29. The van der Waals surface area contributed by atoms with Crippen molar-refractivity contribution in [2.75, 3.05) is 6.61 Å². The third-order valence-electron chi connectivity index (χ3n) is 3.49. The van der Waals surface area contributed by atoms with Gasteiger partial charge in [0.2, 0.25) is 0 Å². The van der Waals surface area contributed by atoms with Crippen LogP contribution in [-0.2, 0) is 9.59 Å². The number of carbonyl (C=O) groups is 2. The fourth-order valence-electron chi connectivity index (χ4n) is 2.22. The first kappa shape index (κ1) is 19.8. The second-order valence-electron chi connectivity index (χ2n) is 5.59. The predicted octanol–water partition coefficient (Wildman–Crippen LogP) is 4.23. The van der Waals surface area contributed by atoms with Gasteiger partial charge >= 0.3 is 5.97 Å². The number of ether oxygens (including phenoxy) is 1. The Kier molecular flexibility index (Phi) is 6.66. The van der Waals surface area contributed by atoms with Crippen LogP contribution in [0, 0.1) is 13.8 Å². The van der Waals surface area contributed by atoms with Crippen molar-refractivity contribution >= 4 is 41.2 Å². The molecule has 2 aromatic rings. The van der Waals surface area contributed by atoms with Crippen LogP contribution < -0.4 is 10.1 Å². The van der Waals surface area contributed by atoms with Crippen molar-refractivity contribution in [3.63, 3.8) is 0 Å². The summed E-state index contributed by atoms with van der Waals surface area (Å²) in [5.41, 5.74) is 1.84. The number of carboxylic acid groups (broad SMARTS) is 1. The van der Waals surface area contributed by atoms with E-state index in [-0.39, 0.29) is 12.3 Å². The summed E-state index contributed by atoms with van der Waals surface area (Å²) < 4.78 is 5.42. The largest absolute Gasteiger partial charge is 0.484 e. The topological polar surface area (TPSA) is 75.6 Å². The quantitative estimate of drug-likeness (QED) is 0.719. The first-order valence-corrected chi connectivity index (χ1v) is 8.42. The molecule has 0 radical (unpaired) electrons. The summed E-state index contributed by atoms with van der Waals surface area (Å²) in [4.78, 5) is 23.4. The Labute approximate surface area is 161 Å². The molecule has 2 rings (SSSR count). The molecular weight excluding hydrogens is 377 g/mol. The molecule has 0 spiro atoms. The van der Waals surface area contributed by atoms with Crippen LogP contribution in [0.2, 0.25) is 10.0 Å². The van der Waals surface area contributed by atoms with Gasteiger partial charge in [-0.2, -0.15) is 0 Å². The van der Waals surface area contributed by atoms with Crippen molar-refractivity contribution in [3.05, 3.63) is 68.8 Å². The molecule has 0 bridgehead atoms. The molecular formula is C19H17Cl2NO4.